The zero-order chi connectivity index (χ0) is 17.8. The number of nitrogens with zero attached hydrogens (tertiary/aromatic N) is 2. The number of hydrogen-bond acceptors (Lipinski definition) is 3. The Bertz CT molecular complexity index is 941. The lowest BCUT2D eigenvalue weighted by Crippen LogP contribution is -2.15. The van der Waals surface area contributed by atoms with Crippen molar-refractivity contribution in [3.05, 3.63) is 64.4 Å². The molecule has 0 radical (unpaired) electrons. The summed E-state index contributed by atoms with van der Waals surface area (Å²) in [6.07, 6.45) is 0.320. The fourth-order valence-electron chi connectivity index (χ4n) is 2.59. The van der Waals surface area contributed by atoms with Crippen molar-refractivity contribution >= 4 is 23.8 Å². The van der Waals surface area contributed by atoms with Crippen LogP contribution in [0.25, 0.3) is 11.4 Å². The van der Waals surface area contributed by atoms with Gasteiger partial charge in [0.2, 0.25) is 5.91 Å². The van der Waals surface area contributed by atoms with Crippen molar-refractivity contribution in [3.63, 3.8) is 0 Å². The van der Waals surface area contributed by atoms with Crippen molar-refractivity contribution < 1.29 is 4.79 Å². The number of anilines is 1. The van der Waals surface area contributed by atoms with E-state index in [0.29, 0.717) is 17.7 Å². The number of hydrogen-bond donors (Lipinski definition) is 2. The number of carbonyl (C=O) groups is 1. The summed E-state index contributed by atoms with van der Waals surface area (Å²) in [6, 6.07) is 15.8. The Kier molecular flexibility index (Phi) is 5.09. The monoisotopic (exact) mass is 352 g/mol. The first-order chi connectivity index (χ1) is 12.0. The van der Waals surface area contributed by atoms with Gasteiger partial charge in [0.25, 0.3) is 0 Å². The van der Waals surface area contributed by atoms with Crippen LogP contribution in [0, 0.1) is 18.6 Å². The average Bonchev–Trinajstić information content (AvgIpc) is 2.96. The average molecular weight is 352 g/mol. The third kappa shape index (κ3) is 4.03. The molecule has 0 aliphatic heterocycles. The predicted molar refractivity (Wildman–Crippen MR) is 102 cm³/mol. The van der Waals surface area contributed by atoms with E-state index in [1.807, 2.05) is 66.9 Å². The molecule has 0 atom stereocenters. The summed E-state index contributed by atoms with van der Waals surface area (Å²) < 4.78 is 2.37. The molecule has 0 aliphatic rings. The Morgan fingerprint density at radius 2 is 1.88 bits per heavy atom. The van der Waals surface area contributed by atoms with E-state index in [1.54, 1.807) is 0 Å². The van der Waals surface area contributed by atoms with E-state index in [0.717, 1.165) is 22.6 Å². The summed E-state index contributed by atoms with van der Waals surface area (Å²) in [7, 11) is 0. The molecule has 1 aromatic heterocycles. The van der Waals surface area contributed by atoms with Gasteiger partial charge < -0.3 is 5.32 Å². The molecule has 2 aromatic carbocycles. The second-order valence-corrected chi connectivity index (χ2v) is 6.37. The minimum absolute atomic E-state index is 0.0488. The van der Waals surface area contributed by atoms with Crippen LogP contribution in [0.2, 0.25) is 0 Å². The highest BCUT2D eigenvalue weighted by Crippen LogP contribution is 2.19. The van der Waals surface area contributed by atoms with Crippen LogP contribution in [0.15, 0.2) is 48.5 Å². The maximum absolute atomic E-state index is 12.3. The van der Waals surface area contributed by atoms with Crippen LogP contribution in [0.1, 0.15) is 17.5 Å². The Hall–Kier alpha value is -2.73. The van der Waals surface area contributed by atoms with Crippen LogP contribution in [-0.4, -0.2) is 20.7 Å². The summed E-state index contributed by atoms with van der Waals surface area (Å²) in [5, 5.41) is 10.1. The molecule has 3 rings (SSSR count). The molecule has 1 heterocycles. The van der Waals surface area contributed by atoms with Crippen LogP contribution in [0.5, 0.6) is 0 Å². The minimum atomic E-state index is -0.0488. The molecule has 128 valence electrons. The molecule has 6 heteroatoms. The Morgan fingerprint density at radius 1 is 1.16 bits per heavy atom. The summed E-state index contributed by atoms with van der Waals surface area (Å²) in [6.45, 7) is 4.48. The largest absolute Gasteiger partial charge is 0.326 e. The molecule has 0 unspecified atom stereocenters. The summed E-state index contributed by atoms with van der Waals surface area (Å²) in [5.74, 6) is 0.695. The van der Waals surface area contributed by atoms with E-state index < -0.39 is 0 Å². The highest BCUT2D eigenvalue weighted by Gasteiger charge is 2.11. The number of benzene rings is 2. The molecule has 0 saturated carbocycles. The smallest absolute Gasteiger partial charge is 0.226 e. The van der Waals surface area contributed by atoms with Gasteiger partial charge in [-0.25, -0.2) is 0 Å². The van der Waals surface area contributed by atoms with Crippen LogP contribution < -0.4 is 5.32 Å². The number of rotatable bonds is 5. The van der Waals surface area contributed by atoms with Gasteiger partial charge in [-0.3, -0.25) is 14.5 Å². The van der Waals surface area contributed by atoms with Crippen molar-refractivity contribution in [2.24, 2.45) is 0 Å². The first-order valence-corrected chi connectivity index (χ1v) is 8.53. The van der Waals surface area contributed by atoms with Gasteiger partial charge in [0.1, 0.15) is 0 Å². The second kappa shape index (κ2) is 7.44. The maximum atomic E-state index is 12.3. The molecule has 0 saturated heterocycles. The van der Waals surface area contributed by atoms with Crippen molar-refractivity contribution in [2.45, 2.75) is 26.8 Å². The summed E-state index contributed by atoms with van der Waals surface area (Å²) in [4.78, 5) is 12.3. The third-order valence-corrected chi connectivity index (χ3v) is 4.36. The normalized spacial score (nSPS) is 10.6. The minimum Gasteiger partial charge on any atom is -0.326 e. The Balaban J connectivity index is 1.72. The standard InChI is InChI=1S/C19H20N4OS/c1-13-7-9-15(10-8-13)18-21-22-19(25)23(18)12-11-17(24)20-16-6-4-3-5-14(16)2/h3-10H,11-12H2,1-2H3,(H,20,24)(H,22,25). The number of amides is 1. The third-order valence-electron chi connectivity index (χ3n) is 4.05. The molecule has 5 nitrogen and oxygen atoms in total. The SMILES string of the molecule is Cc1ccc(-c2n[nH]c(=S)n2CCC(=O)Nc2ccccc2C)cc1. The van der Waals surface area contributed by atoms with Gasteiger partial charge in [-0.05, 0) is 37.7 Å². The fraction of sp³-hybridized carbons (Fsp3) is 0.211. The van der Waals surface area contributed by atoms with Crippen molar-refractivity contribution in [2.75, 3.05) is 5.32 Å². The number of aromatic amines is 1. The van der Waals surface area contributed by atoms with Gasteiger partial charge in [-0.2, -0.15) is 5.10 Å². The molecule has 0 bridgehead atoms. The van der Waals surface area contributed by atoms with Crippen molar-refractivity contribution in [1.29, 1.82) is 0 Å². The number of aromatic nitrogens is 3. The van der Waals surface area contributed by atoms with E-state index in [2.05, 4.69) is 15.5 Å². The van der Waals surface area contributed by atoms with E-state index in [1.165, 1.54) is 5.56 Å². The molecule has 2 N–H and O–H groups in total. The molecule has 25 heavy (non-hydrogen) atoms. The molecule has 0 fully saturated rings. The molecule has 0 aliphatic carbocycles. The van der Waals surface area contributed by atoms with Gasteiger partial charge >= 0.3 is 0 Å². The maximum Gasteiger partial charge on any atom is 0.226 e. The lowest BCUT2D eigenvalue weighted by Gasteiger charge is -2.10. The molecule has 0 spiro atoms. The van der Waals surface area contributed by atoms with Crippen LogP contribution in [-0.2, 0) is 11.3 Å². The first-order valence-electron chi connectivity index (χ1n) is 8.12. The Morgan fingerprint density at radius 3 is 2.60 bits per heavy atom. The number of H-pyrrole nitrogens is 1. The van der Waals surface area contributed by atoms with Crippen LogP contribution >= 0.6 is 12.2 Å². The number of para-hydroxylation sites is 1. The topological polar surface area (TPSA) is 62.7 Å². The zero-order valence-corrected chi connectivity index (χ0v) is 15.1. The highest BCUT2D eigenvalue weighted by atomic mass is 32.1. The summed E-state index contributed by atoms with van der Waals surface area (Å²) >= 11 is 5.31. The predicted octanol–water partition coefficient (Wildman–Crippen LogP) is 4.25. The Labute approximate surface area is 151 Å². The van der Waals surface area contributed by atoms with Crippen LogP contribution in [0.3, 0.4) is 0 Å². The number of aryl methyl sites for hydroxylation is 2. The van der Waals surface area contributed by atoms with Gasteiger partial charge in [0.05, 0.1) is 0 Å². The fourth-order valence-corrected chi connectivity index (χ4v) is 2.81. The molecular formula is C19H20N4OS. The van der Waals surface area contributed by atoms with Gasteiger partial charge in [0, 0.05) is 24.2 Å². The lowest BCUT2D eigenvalue weighted by molar-refractivity contribution is -0.116. The lowest BCUT2D eigenvalue weighted by atomic mass is 10.1. The van der Waals surface area contributed by atoms with E-state index in [-0.39, 0.29) is 5.91 Å². The van der Waals surface area contributed by atoms with Gasteiger partial charge in [-0.15, -0.1) is 0 Å². The van der Waals surface area contributed by atoms with Crippen LogP contribution in [0.4, 0.5) is 5.69 Å². The zero-order valence-electron chi connectivity index (χ0n) is 14.2. The molecular weight excluding hydrogens is 332 g/mol. The van der Waals surface area contributed by atoms with E-state index in [9.17, 15) is 4.79 Å². The number of nitrogens with one attached hydrogen (secondary N) is 2. The van der Waals surface area contributed by atoms with Crippen molar-refractivity contribution in [1.82, 2.24) is 14.8 Å². The van der Waals surface area contributed by atoms with Crippen molar-refractivity contribution in [3.8, 4) is 11.4 Å². The summed E-state index contributed by atoms with van der Waals surface area (Å²) in [5.41, 5.74) is 4.03. The van der Waals surface area contributed by atoms with Gasteiger partial charge in [0.15, 0.2) is 10.6 Å². The molecule has 1 amide bonds. The first kappa shape index (κ1) is 17.1. The second-order valence-electron chi connectivity index (χ2n) is 5.98. The number of carbonyl (C=O) groups excluding carboxylic acids is 1. The molecule has 3 aromatic rings. The highest BCUT2D eigenvalue weighted by molar-refractivity contribution is 7.71. The van der Waals surface area contributed by atoms with E-state index in [4.69, 9.17) is 12.2 Å². The van der Waals surface area contributed by atoms with E-state index >= 15 is 0 Å². The van der Waals surface area contributed by atoms with Gasteiger partial charge in [-0.1, -0.05) is 48.0 Å². The quantitative estimate of drug-likeness (QED) is 0.675.